The molecule has 2 heterocycles. The first-order chi connectivity index (χ1) is 12.3. The normalized spacial score (nSPS) is 14.5. The van der Waals surface area contributed by atoms with E-state index >= 15 is 0 Å². The van der Waals surface area contributed by atoms with Crippen LogP contribution in [0.3, 0.4) is 0 Å². The quantitative estimate of drug-likeness (QED) is 0.854. The number of rotatable bonds is 3. The Labute approximate surface area is 150 Å². The highest BCUT2D eigenvalue weighted by Crippen LogP contribution is 2.30. The minimum absolute atomic E-state index is 0.124. The Kier molecular flexibility index (Phi) is 4.54. The molecule has 1 aromatic heterocycles. The molecule has 0 unspecified atom stereocenters. The second kappa shape index (κ2) is 6.67. The van der Waals surface area contributed by atoms with Gasteiger partial charge in [-0.1, -0.05) is 12.1 Å². The van der Waals surface area contributed by atoms with Crippen molar-refractivity contribution in [3.8, 4) is 0 Å². The summed E-state index contributed by atoms with van der Waals surface area (Å²) in [7, 11) is 0. The molecule has 0 spiro atoms. The van der Waals surface area contributed by atoms with Crippen LogP contribution in [0.2, 0.25) is 0 Å². The van der Waals surface area contributed by atoms with Crippen LogP contribution in [0.1, 0.15) is 34.4 Å². The van der Waals surface area contributed by atoms with Gasteiger partial charge in [0.15, 0.2) is 6.10 Å². The van der Waals surface area contributed by atoms with Gasteiger partial charge in [-0.05, 0) is 39.8 Å². The van der Waals surface area contributed by atoms with Crippen LogP contribution >= 0.6 is 0 Å². The van der Waals surface area contributed by atoms with Crippen molar-refractivity contribution < 1.29 is 23.5 Å². The van der Waals surface area contributed by atoms with Gasteiger partial charge in [-0.3, -0.25) is 14.5 Å². The lowest BCUT2D eigenvalue weighted by molar-refractivity contribution is -0.128. The van der Waals surface area contributed by atoms with Gasteiger partial charge < -0.3 is 14.5 Å². The largest absolute Gasteiger partial charge is 0.465 e. The number of fused-ring (bicyclic) bond motifs is 1. The molecule has 1 aromatic carbocycles. The summed E-state index contributed by atoms with van der Waals surface area (Å²) < 4.78 is 10.8. The van der Waals surface area contributed by atoms with Crippen molar-refractivity contribution in [2.24, 2.45) is 0 Å². The highest BCUT2D eigenvalue weighted by molar-refractivity contribution is 6.11. The number of benzene rings is 1. The zero-order valence-corrected chi connectivity index (χ0v) is 15.1. The maximum absolute atomic E-state index is 12.8. The lowest BCUT2D eigenvalue weighted by Crippen LogP contribution is -2.47. The van der Waals surface area contributed by atoms with Crippen LogP contribution in [0.25, 0.3) is 0 Å². The van der Waals surface area contributed by atoms with E-state index in [9.17, 15) is 14.4 Å². The molecule has 0 fully saturated rings. The van der Waals surface area contributed by atoms with Gasteiger partial charge in [-0.25, -0.2) is 4.79 Å². The third-order valence-corrected chi connectivity index (χ3v) is 4.43. The summed E-state index contributed by atoms with van der Waals surface area (Å²) in [6.45, 7) is 6.57. The average Bonchev–Trinajstić information content (AvgIpc) is 2.85. The van der Waals surface area contributed by atoms with E-state index in [4.69, 9.17) is 9.15 Å². The van der Waals surface area contributed by atoms with Crippen molar-refractivity contribution in [3.05, 3.63) is 46.9 Å². The fourth-order valence-electron chi connectivity index (χ4n) is 3.01. The number of carbonyl (C=O) groups is 3. The Morgan fingerprint density at radius 3 is 2.54 bits per heavy atom. The number of nitrogens with one attached hydrogen (secondary N) is 1. The number of para-hydroxylation sites is 2. The summed E-state index contributed by atoms with van der Waals surface area (Å²) in [6, 6.07) is 6.98. The van der Waals surface area contributed by atoms with Gasteiger partial charge >= 0.3 is 5.97 Å². The zero-order valence-electron chi connectivity index (χ0n) is 15.1. The molecule has 7 heteroatoms. The first kappa shape index (κ1) is 17.7. The summed E-state index contributed by atoms with van der Waals surface area (Å²) >= 11 is 0. The van der Waals surface area contributed by atoms with Crippen molar-refractivity contribution in [1.29, 1.82) is 0 Å². The number of anilines is 2. The third kappa shape index (κ3) is 3.08. The number of ether oxygens (including phenoxy) is 1. The van der Waals surface area contributed by atoms with Gasteiger partial charge in [0.1, 0.15) is 23.6 Å². The number of nitrogens with zero attached hydrogens (tertiary/aromatic N) is 1. The molecule has 26 heavy (non-hydrogen) atoms. The summed E-state index contributed by atoms with van der Waals surface area (Å²) in [5.41, 5.74) is 2.15. The molecule has 0 saturated heterocycles. The number of aryl methyl sites for hydroxylation is 2. The van der Waals surface area contributed by atoms with E-state index in [-0.39, 0.29) is 12.5 Å². The SMILES string of the molecule is Cc1oc(C)c(C(=O)O[C@H](C)C(=O)N2CC(=O)Nc3ccccc32)c1C. The molecule has 0 bridgehead atoms. The lowest BCUT2D eigenvalue weighted by Gasteiger charge is -2.30. The summed E-state index contributed by atoms with van der Waals surface area (Å²) in [5, 5.41) is 2.71. The van der Waals surface area contributed by atoms with Crippen LogP contribution < -0.4 is 10.2 Å². The molecule has 0 radical (unpaired) electrons. The monoisotopic (exact) mass is 356 g/mol. The minimum Gasteiger partial charge on any atom is -0.465 e. The van der Waals surface area contributed by atoms with Gasteiger partial charge in [0.25, 0.3) is 5.91 Å². The molecule has 2 aromatic rings. The minimum atomic E-state index is -1.05. The first-order valence-electron chi connectivity index (χ1n) is 8.27. The lowest BCUT2D eigenvalue weighted by atomic mass is 10.1. The number of furan rings is 1. The van der Waals surface area contributed by atoms with Crippen LogP contribution in [-0.2, 0) is 14.3 Å². The van der Waals surface area contributed by atoms with Gasteiger partial charge in [-0.2, -0.15) is 0 Å². The van der Waals surface area contributed by atoms with Crippen LogP contribution in [0, 0.1) is 20.8 Å². The molecule has 1 atom stereocenters. The Bertz CT molecular complexity index is 899. The van der Waals surface area contributed by atoms with E-state index in [0.29, 0.717) is 34.0 Å². The Morgan fingerprint density at radius 1 is 1.19 bits per heavy atom. The molecule has 1 N–H and O–H groups in total. The van der Waals surface area contributed by atoms with E-state index < -0.39 is 18.0 Å². The van der Waals surface area contributed by atoms with Crippen molar-refractivity contribution >= 4 is 29.2 Å². The van der Waals surface area contributed by atoms with Gasteiger partial charge in [0.05, 0.1) is 11.4 Å². The van der Waals surface area contributed by atoms with E-state index in [1.54, 1.807) is 45.0 Å². The maximum atomic E-state index is 12.8. The van der Waals surface area contributed by atoms with Crippen LogP contribution in [0.4, 0.5) is 11.4 Å². The number of carbonyl (C=O) groups excluding carboxylic acids is 3. The van der Waals surface area contributed by atoms with Crippen molar-refractivity contribution in [3.63, 3.8) is 0 Å². The zero-order chi connectivity index (χ0) is 19.0. The number of hydrogen-bond donors (Lipinski definition) is 1. The van der Waals surface area contributed by atoms with Crippen molar-refractivity contribution in [2.45, 2.75) is 33.8 Å². The summed E-state index contributed by atoms with van der Waals surface area (Å²) in [6.07, 6.45) is -1.05. The van der Waals surface area contributed by atoms with Crippen molar-refractivity contribution in [2.75, 3.05) is 16.8 Å². The number of hydrogen-bond acceptors (Lipinski definition) is 5. The molecule has 7 nitrogen and oxygen atoms in total. The fourth-order valence-corrected chi connectivity index (χ4v) is 3.01. The molecular formula is C19H20N2O5. The fraction of sp³-hybridized carbons (Fsp3) is 0.316. The highest BCUT2D eigenvalue weighted by Gasteiger charge is 2.32. The second-order valence-electron chi connectivity index (χ2n) is 6.25. The van der Waals surface area contributed by atoms with Crippen LogP contribution in [-0.4, -0.2) is 30.4 Å². The summed E-state index contributed by atoms with van der Waals surface area (Å²) in [4.78, 5) is 38.5. The molecule has 2 amide bonds. The van der Waals surface area contributed by atoms with E-state index in [1.165, 1.54) is 11.8 Å². The average molecular weight is 356 g/mol. The molecule has 1 aliphatic heterocycles. The predicted octanol–water partition coefficient (Wildman–Crippen LogP) is 2.74. The first-order valence-corrected chi connectivity index (χ1v) is 8.27. The molecule has 136 valence electrons. The van der Waals surface area contributed by atoms with E-state index in [1.807, 2.05) is 0 Å². The van der Waals surface area contributed by atoms with E-state index in [0.717, 1.165) is 0 Å². The Balaban J connectivity index is 1.80. The topological polar surface area (TPSA) is 88.8 Å². The van der Waals surface area contributed by atoms with Crippen LogP contribution in [0.5, 0.6) is 0 Å². The van der Waals surface area contributed by atoms with Gasteiger partial charge in [0, 0.05) is 5.56 Å². The predicted molar refractivity (Wildman–Crippen MR) is 95.2 cm³/mol. The Hall–Kier alpha value is -3.09. The molecule has 1 aliphatic rings. The van der Waals surface area contributed by atoms with Gasteiger partial charge in [0.2, 0.25) is 5.91 Å². The standard InChI is InChI=1S/C19H20N2O5/c1-10-11(2)25-12(3)17(10)19(24)26-13(4)18(23)21-9-16(22)20-14-7-5-6-8-15(14)21/h5-8,13H,9H2,1-4H3,(H,20,22)/t13-/m1/s1. The maximum Gasteiger partial charge on any atom is 0.342 e. The number of amides is 2. The molecule has 0 aliphatic carbocycles. The van der Waals surface area contributed by atoms with Gasteiger partial charge in [-0.15, -0.1) is 0 Å². The third-order valence-electron chi connectivity index (χ3n) is 4.43. The molecule has 0 saturated carbocycles. The van der Waals surface area contributed by atoms with Crippen molar-refractivity contribution in [1.82, 2.24) is 0 Å². The summed E-state index contributed by atoms with van der Waals surface area (Å²) in [5.74, 6) is -0.293. The highest BCUT2D eigenvalue weighted by atomic mass is 16.5. The molecular weight excluding hydrogens is 336 g/mol. The second-order valence-corrected chi connectivity index (χ2v) is 6.25. The number of esters is 1. The smallest absolute Gasteiger partial charge is 0.342 e. The van der Waals surface area contributed by atoms with E-state index in [2.05, 4.69) is 5.32 Å². The Morgan fingerprint density at radius 2 is 1.88 bits per heavy atom. The van der Waals surface area contributed by atoms with Crippen LogP contribution in [0.15, 0.2) is 28.7 Å². The molecule has 3 rings (SSSR count).